The molecule has 0 aliphatic rings. The molecule has 0 rings (SSSR count). The fraction of sp³-hybridized carbons (Fsp3) is 0.571. The fourth-order valence-electron chi connectivity index (χ4n) is 0.436. The molecule has 9 heavy (non-hydrogen) atoms. The van der Waals surface area contributed by atoms with Gasteiger partial charge in [-0.2, -0.15) is 0 Å². The Morgan fingerprint density at radius 2 is 2.33 bits per heavy atom. The lowest BCUT2D eigenvalue weighted by atomic mass is 10.2. The van der Waals surface area contributed by atoms with Gasteiger partial charge in [-0.3, -0.25) is 4.79 Å². The van der Waals surface area contributed by atoms with Crippen molar-refractivity contribution in [2.45, 2.75) is 19.8 Å². The zero-order chi connectivity index (χ0) is 7.11. The number of hydrogen-bond acceptors (Lipinski definition) is 2. The predicted molar refractivity (Wildman–Crippen MR) is 36.7 cm³/mol. The van der Waals surface area contributed by atoms with E-state index in [4.69, 9.17) is 5.73 Å². The van der Waals surface area contributed by atoms with E-state index in [1.54, 1.807) is 6.92 Å². The highest BCUT2D eigenvalue weighted by Crippen LogP contribution is 1.84. The monoisotopic (exact) mass is 125 g/mol. The van der Waals surface area contributed by atoms with Crippen molar-refractivity contribution in [3.63, 3.8) is 0 Å². The Hall–Kier alpha value is -0.810. The first-order valence-electron chi connectivity index (χ1n) is 2.92. The van der Waals surface area contributed by atoms with Crippen LogP contribution >= 0.6 is 0 Å². The third-order valence-electron chi connectivity index (χ3n) is 0.886. The van der Waals surface area contributed by atoms with E-state index >= 15 is 0 Å². The van der Waals surface area contributed by atoms with Gasteiger partial charge in [0.05, 0.1) is 6.42 Å². The minimum Gasteiger partial charge on any atom is -0.330 e. The van der Waals surface area contributed by atoms with Crippen molar-refractivity contribution in [1.82, 2.24) is 0 Å². The molecule has 0 saturated heterocycles. The molecule has 0 aliphatic carbocycles. The van der Waals surface area contributed by atoms with Crippen molar-refractivity contribution in [3.05, 3.63) is 0 Å². The van der Waals surface area contributed by atoms with Crippen LogP contribution in [0.4, 0.5) is 0 Å². The molecule has 0 bridgehead atoms. The number of ketones is 1. The highest BCUT2D eigenvalue weighted by molar-refractivity contribution is 5.80. The molecular weight excluding hydrogens is 114 g/mol. The Morgan fingerprint density at radius 3 is 2.78 bits per heavy atom. The van der Waals surface area contributed by atoms with Crippen LogP contribution in [0.1, 0.15) is 19.8 Å². The summed E-state index contributed by atoms with van der Waals surface area (Å²) in [6.07, 6.45) is 0.808. The zero-order valence-corrected chi connectivity index (χ0v) is 5.61. The number of Topliss-reactive ketones (excluding diaryl/α,β-unsaturated/α-hetero) is 1. The lowest BCUT2D eigenvalue weighted by Gasteiger charge is -1.88. The second-order valence-electron chi connectivity index (χ2n) is 1.68. The molecule has 0 radical (unpaired) electrons. The maximum Gasteiger partial charge on any atom is 0.146 e. The van der Waals surface area contributed by atoms with E-state index in [1.165, 1.54) is 0 Å². The number of nitrogens with two attached hydrogens (primary N) is 1. The SMILES string of the molecule is CC#CCC(=O)CCN. The standard InChI is InChI=1S/C7H11NO/c1-2-3-4-7(9)5-6-8/h4-6,8H2,1H3. The topological polar surface area (TPSA) is 43.1 Å². The molecule has 2 N–H and O–H groups in total. The van der Waals surface area contributed by atoms with Crippen molar-refractivity contribution in [2.24, 2.45) is 5.73 Å². The Balaban J connectivity index is 3.35. The van der Waals surface area contributed by atoms with E-state index in [2.05, 4.69) is 11.8 Å². The number of carbonyl (C=O) groups excluding carboxylic acids is 1. The van der Waals surface area contributed by atoms with Gasteiger partial charge < -0.3 is 5.73 Å². The summed E-state index contributed by atoms with van der Waals surface area (Å²) in [6.45, 7) is 2.15. The van der Waals surface area contributed by atoms with Crippen LogP contribution in [-0.4, -0.2) is 12.3 Å². The zero-order valence-electron chi connectivity index (χ0n) is 5.61. The van der Waals surface area contributed by atoms with Crippen LogP contribution < -0.4 is 5.73 Å². The molecule has 0 heterocycles. The van der Waals surface area contributed by atoms with E-state index in [9.17, 15) is 4.79 Å². The van der Waals surface area contributed by atoms with Gasteiger partial charge in [-0.15, -0.1) is 5.92 Å². The first kappa shape index (κ1) is 8.19. The summed E-state index contributed by atoms with van der Waals surface area (Å²) in [7, 11) is 0. The van der Waals surface area contributed by atoms with Crippen LogP contribution in [0.15, 0.2) is 0 Å². The molecule has 0 aromatic carbocycles. The summed E-state index contributed by atoms with van der Waals surface area (Å²) in [5.41, 5.74) is 5.13. The third kappa shape index (κ3) is 5.05. The van der Waals surface area contributed by atoms with E-state index in [0.29, 0.717) is 19.4 Å². The Morgan fingerprint density at radius 1 is 1.67 bits per heavy atom. The summed E-state index contributed by atoms with van der Waals surface area (Å²) in [4.78, 5) is 10.6. The molecule has 0 unspecified atom stereocenters. The molecule has 0 aromatic rings. The number of hydrogen-bond donors (Lipinski definition) is 1. The van der Waals surface area contributed by atoms with Crippen LogP contribution in [0.3, 0.4) is 0 Å². The normalized spacial score (nSPS) is 7.78. The van der Waals surface area contributed by atoms with E-state index in [0.717, 1.165) is 0 Å². The summed E-state index contributed by atoms with van der Waals surface area (Å²) in [5.74, 6) is 5.45. The van der Waals surface area contributed by atoms with E-state index in [1.807, 2.05) is 0 Å². The second kappa shape index (κ2) is 5.33. The first-order chi connectivity index (χ1) is 4.31. The minimum atomic E-state index is 0.131. The highest BCUT2D eigenvalue weighted by Gasteiger charge is 1.94. The molecule has 0 spiro atoms. The second-order valence-corrected chi connectivity index (χ2v) is 1.68. The minimum absolute atomic E-state index is 0.131. The number of carbonyl (C=O) groups is 1. The molecule has 0 aromatic heterocycles. The summed E-state index contributed by atoms with van der Waals surface area (Å²) >= 11 is 0. The van der Waals surface area contributed by atoms with Crippen LogP contribution in [0.25, 0.3) is 0 Å². The van der Waals surface area contributed by atoms with E-state index in [-0.39, 0.29) is 5.78 Å². The van der Waals surface area contributed by atoms with Crippen molar-refractivity contribution in [1.29, 1.82) is 0 Å². The van der Waals surface area contributed by atoms with Crippen molar-refractivity contribution in [3.8, 4) is 11.8 Å². The average Bonchev–Trinajstić information content (AvgIpc) is 1.85. The average molecular weight is 125 g/mol. The van der Waals surface area contributed by atoms with Crippen LogP contribution in [0.5, 0.6) is 0 Å². The van der Waals surface area contributed by atoms with Crippen molar-refractivity contribution < 1.29 is 4.79 Å². The fourth-order valence-corrected chi connectivity index (χ4v) is 0.436. The van der Waals surface area contributed by atoms with Gasteiger partial charge in [-0.25, -0.2) is 0 Å². The lowest BCUT2D eigenvalue weighted by Crippen LogP contribution is -2.06. The van der Waals surface area contributed by atoms with Gasteiger partial charge in [0.15, 0.2) is 0 Å². The quantitative estimate of drug-likeness (QED) is 0.552. The highest BCUT2D eigenvalue weighted by atomic mass is 16.1. The molecule has 0 aliphatic heterocycles. The first-order valence-corrected chi connectivity index (χ1v) is 2.92. The Labute approximate surface area is 55.4 Å². The smallest absolute Gasteiger partial charge is 0.146 e. The summed E-state index contributed by atoms with van der Waals surface area (Å²) in [5, 5.41) is 0. The largest absolute Gasteiger partial charge is 0.330 e. The van der Waals surface area contributed by atoms with Gasteiger partial charge in [-0.1, -0.05) is 5.92 Å². The Kier molecular flexibility index (Phi) is 4.85. The lowest BCUT2D eigenvalue weighted by molar-refractivity contribution is -0.117. The van der Waals surface area contributed by atoms with Gasteiger partial charge >= 0.3 is 0 Å². The van der Waals surface area contributed by atoms with Crippen LogP contribution in [0.2, 0.25) is 0 Å². The number of rotatable bonds is 3. The molecule has 0 fully saturated rings. The summed E-state index contributed by atoms with van der Waals surface area (Å²) in [6, 6.07) is 0. The molecule has 0 saturated carbocycles. The van der Waals surface area contributed by atoms with Gasteiger partial charge in [-0.05, 0) is 13.5 Å². The van der Waals surface area contributed by atoms with Gasteiger partial charge in [0.2, 0.25) is 0 Å². The molecule has 0 atom stereocenters. The predicted octanol–water partition coefficient (Wildman–Crippen LogP) is 0.318. The Bertz CT molecular complexity index is 141. The molecule has 50 valence electrons. The van der Waals surface area contributed by atoms with Gasteiger partial charge in [0, 0.05) is 6.42 Å². The maximum absolute atomic E-state index is 10.6. The molecule has 0 amide bonds. The third-order valence-corrected chi connectivity index (χ3v) is 0.886. The van der Waals surface area contributed by atoms with Crippen molar-refractivity contribution >= 4 is 5.78 Å². The van der Waals surface area contributed by atoms with Gasteiger partial charge in [0.25, 0.3) is 0 Å². The van der Waals surface area contributed by atoms with Crippen LogP contribution in [0, 0.1) is 11.8 Å². The van der Waals surface area contributed by atoms with Crippen LogP contribution in [-0.2, 0) is 4.79 Å². The molecule has 2 heteroatoms. The maximum atomic E-state index is 10.6. The summed E-state index contributed by atoms with van der Waals surface area (Å²) < 4.78 is 0. The van der Waals surface area contributed by atoms with E-state index < -0.39 is 0 Å². The van der Waals surface area contributed by atoms with Gasteiger partial charge in [0.1, 0.15) is 5.78 Å². The molecular formula is C7H11NO. The molecule has 2 nitrogen and oxygen atoms in total. The van der Waals surface area contributed by atoms with Crippen molar-refractivity contribution in [2.75, 3.05) is 6.54 Å².